The number of benzene rings is 1. The number of anilines is 1. The van der Waals surface area contributed by atoms with Gasteiger partial charge in [0.2, 0.25) is 0 Å². The van der Waals surface area contributed by atoms with Crippen molar-refractivity contribution in [2.45, 2.75) is 26.7 Å². The lowest BCUT2D eigenvalue weighted by atomic mass is 10.0. The second-order valence-electron chi connectivity index (χ2n) is 4.45. The van der Waals surface area contributed by atoms with E-state index in [1.54, 1.807) is 0 Å². The van der Waals surface area contributed by atoms with Crippen LogP contribution in [0.25, 0.3) is 0 Å². The molecule has 84 valence electrons. The van der Waals surface area contributed by atoms with E-state index in [0.717, 1.165) is 0 Å². The Morgan fingerprint density at radius 3 is 2.56 bits per heavy atom. The van der Waals surface area contributed by atoms with Crippen LogP contribution in [0.4, 0.5) is 5.69 Å². The molecule has 1 aromatic rings. The molecule has 16 heavy (non-hydrogen) atoms. The Bertz CT molecular complexity index is 441. The molecule has 1 heteroatoms. The van der Waals surface area contributed by atoms with Gasteiger partial charge < -0.3 is 4.90 Å². The Hall–Kier alpha value is -1.50. The van der Waals surface area contributed by atoms with Crippen LogP contribution in [0, 0.1) is 6.92 Å². The third-order valence-electron chi connectivity index (χ3n) is 3.24. The molecule has 1 aliphatic carbocycles. The Morgan fingerprint density at radius 2 is 1.88 bits per heavy atom. The molecule has 1 nitrogen and oxygen atoms in total. The molecule has 0 atom stereocenters. The van der Waals surface area contributed by atoms with Crippen molar-refractivity contribution < 1.29 is 0 Å². The third-order valence-corrected chi connectivity index (χ3v) is 3.24. The molecule has 0 aliphatic heterocycles. The molecule has 1 aliphatic rings. The van der Waals surface area contributed by atoms with Gasteiger partial charge in [-0.3, -0.25) is 0 Å². The molecular formula is C15H19N. The summed E-state index contributed by atoms with van der Waals surface area (Å²) in [4.78, 5) is 2.29. The van der Waals surface area contributed by atoms with Crippen LogP contribution in [-0.2, 0) is 0 Å². The standard InChI is InChI=1S/C15H19N/c1-12-8-4-6-10-14(12)16(3)15-11-7-5-9-13(15)2/h4,6-8,10-11H,5,9H2,1-3H3. The topological polar surface area (TPSA) is 3.24 Å². The molecule has 0 heterocycles. The number of para-hydroxylation sites is 1. The van der Waals surface area contributed by atoms with E-state index in [9.17, 15) is 0 Å². The summed E-state index contributed by atoms with van der Waals surface area (Å²) in [7, 11) is 2.15. The molecule has 0 saturated carbocycles. The second-order valence-corrected chi connectivity index (χ2v) is 4.45. The lowest BCUT2D eigenvalue weighted by Gasteiger charge is -2.26. The van der Waals surface area contributed by atoms with E-state index in [1.165, 1.54) is 35.4 Å². The zero-order valence-corrected chi connectivity index (χ0v) is 10.3. The van der Waals surface area contributed by atoms with Crippen LogP contribution in [0.3, 0.4) is 0 Å². The number of allylic oxidation sites excluding steroid dienone is 3. The van der Waals surface area contributed by atoms with Gasteiger partial charge in [-0.2, -0.15) is 0 Å². The van der Waals surface area contributed by atoms with Crippen molar-refractivity contribution in [3.8, 4) is 0 Å². The average Bonchev–Trinajstić information content (AvgIpc) is 2.29. The van der Waals surface area contributed by atoms with Crippen LogP contribution in [0.1, 0.15) is 25.3 Å². The van der Waals surface area contributed by atoms with Gasteiger partial charge >= 0.3 is 0 Å². The van der Waals surface area contributed by atoms with Gasteiger partial charge in [0, 0.05) is 18.4 Å². The molecular weight excluding hydrogens is 194 g/mol. The summed E-state index contributed by atoms with van der Waals surface area (Å²) >= 11 is 0. The maximum absolute atomic E-state index is 2.29. The van der Waals surface area contributed by atoms with Gasteiger partial charge in [-0.25, -0.2) is 0 Å². The second kappa shape index (κ2) is 4.56. The minimum absolute atomic E-state index is 1.18. The highest BCUT2D eigenvalue weighted by molar-refractivity contribution is 5.59. The van der Waals surface area contributed by atoms with Crippen LogP contribution in [0.2, 0.25) is 0 Å². The zero-order valence-electron chi connectivity index (χ0n) is 10.3. The summed E-state index contributed by atoms with van der Waals surface area (Å²) in [6.07, 6.45) is 6.86. The number of hydrogen-bond acceptors (Lipinski definition) is 1. The van der Waals surface area contributed by atoms with Crippen LogP contribution in [0.15, 0.2) is 47.7 Å². The highest BCUT2D eigenvalue weighted by Gasteiger charge is 2.11. The normalized spacial score (nSPS) is 15.4. The van der Waals surface area contributed by atoms with Crippen LogP contribution >= 0.6 is 0 Å². The van der Waals surface area contributed by atoms with Gasteiger partial charge in [-0.05, 0) is 50.0 Å². The molecule has 0 saturated heterocycles. The third kappa shape index (κ3) is 2.04. The summed E-state index contributed by atoms with van der Waals surface area (Å²) in [5, 5.41) is 0. The van der Waals surface area contributed by atoms with Crippen molar-refractivity contribution in [2.24, 2.45) is 0 Å². The van der Waals surface area contributed by atoms with Crippen molar-refractivity contribution in [3.05, 3.63) is 53.3 Å². The summed E-state index contributed by atoms with van der Waals surface area (Å²) < 4.78 is 0. The van der Waals surface area contributed by atoms with Gasteiger partial charge in [-0.1, -0.05) is 24.3 Å². The molecule has 0 N–H and O–H groups in total. The van der Waals surface area contributed by atoms with Gasteiger partial charge in [0.15, 0.2) is 0 Å². The minimum atomic E-state index is 1.18. The summed E-state index contributed by atoms with van der Waals surface area (Å²) in [6, 6.07) is 8.53. The van der Waals surface area contributed by atoms with E-state index >= 15 is 0 Å². The van der Waals surface area contributed by atoms with Crippen LogP contribution in [-0.4, -0.2) is 7.05 Å². The molecule has 0 radical (unpaired) electrons. The first kappa shape index (κ1) is 11.0. The fourth-order valence-electron chi connectivity index (χ4n) is 2.23. The monoisotopic (exact) mass is 213 g/mol. The van der Waals surface area contributed by atoms with Gasteiger partial charge in [-0.15, -0.1) is 0 Å². The lowest BCUT2D eigenvalue weighted by molar-refractivity contribution is 0.912. The van der Waals surface area contributed by atoms with E-state index in [-0.39, 0.29) is 0 Å². The predicted octanol–water partition coefficient (Wildman–Crippen LogP) is 4.06. The first-order valence-electron chi connectivity index (χ1n) is 5.86. The minimum Gasteiger partial charge on any atom is -0.344 e. The molecule has 2 rings (SSSR count). The first-order valence-corrected chi connectivity index (χ1v) is 5.86. The molecule has 1 aromatic carbocycles. The van der Waals surface area contributed by atoms with E-state index in [1.807, 2.05) is 0 Å². The predicted molar refractivity (Wildman–Crippen MR) is 70.7 cm³/mol. The number of aryl methyl sites for hydroxylation is 1. The van der Waals surface area contributed by atoms with Gasteiger partial charge in [0.05, 0.1) is 0 Å². The highest BCUT2D eigenvalue weighted by atomic mass is 15.1. The number of nitrogens with zero attached hydrogens (tertiary/aromatic N) is 1. The van der Waals surface area contributed by atoms with E-state index in [2.05, 4.69) is 62.2 Å². The molecule has 0 amide bonds. The highest BCUT2D eigenvalue weighted by Crippen LogP contribution is 2.27. The zero-order chi connectivity index (χ0) is 11.5. The summed E-state index contributed by atoms with van der Waals surface area (Å²) in [5.74, 6) is 0. The van der Waals surface area contributed by atoms with Gasteiger partial charge in [0.1, 0.15) is 0 Å². The fourth-order valence-corrected chi connectivity index (χ4v) is 2.23. The smallest absolute Gasteiger partial charge is 0.0437 e. The lowest BCUT2D eigenvalue weighted by Crippen LogP contribution is -2.18. The van der Waals surface area contributed by atoms with E-state index < -0.39 is 0 Å². The Balaban J connectivity index is 2.36. The maximum Gasteiger partial charge on any atom is 0.0437 e. The van der Waals surface area contributed by atoms with Crippen LogP contribution in [0.5, 0.6) is 0 Å². The Kier molecular flexibility index (Phi) is 3.14. The summed E-state index contributed by atoms with van der Waals surface area (Å²) in [5.41, 5.74) is 5.45. The summed E-state index contributed by atoms with van der Waals surface area (Å²) in [6.45, 7) is 4.39. The van der Waals surface area contributed by atoms with Crippen molar-refractivity contribution in [3.63, 3.8) is 0 Å². The molecule has 0 aromatic heterocycles. The number of hydrogen-bond donors (Lipinski definition) is 0. The molecule has 0 spiro atoms. The van der Waals surface area contributed by atoms with Crippen molar-refractivity contribution in [1.29, 1.82) is 0 Å². The fraction of sp³-hybridized carbons (Fsp3) is 0.333. The number of rotatable bonds is 2. The van der Waals surface area contributed by atoms with Crippen molar-refractivity contribution >= 4 is 5.69 Å². The molecule has 0 fully saturated rings. The van der Waals surface area contributed by atoms with Crippen molar-refractivity contribution in [1.82, 2.24) is 0 Å². The average molecular weight is 213 g/mol. The van der Waals surface area contributed by atoms with E-state index in [4.69, 9.17) is 0 Å². The maximum atomic E-state index is 2.29. The first-order chi connectivity index (χ1) is 7.70. The van der Waals surface area contributed by atoms with Gasteiger partial charge in [0.25, 0.3) is 0 Å². The van der Waals surface area contributed by atoms with E-state index in [0.29, 0.717) is 0 Å². The Morgan fingerprint density at radius 1 is 1.12 bits per heavy atom. The Labute approximate surface area is 98.1 Å². The van der Waals surface area contributed by atoms with Crippen molar-refractivity contribution in [2.75, 3.05) is 11.9 Å². The quantitative estimate of drug-likeness (QED) is 0.716. The number of likely N-dealkylation sites (N-methyl/N-ethyl adjacent to an activating group) is 1. The molecule has 0 unspecified atom stereocenters. The molecule has 0 bridgehead atoms. The van der Waals surface area contributed by atoms with Crippen LogP contribution < -0.4 is 4.90 Å². The largest absolute Gasteiger partial charge is 0.344 e. The SMILES string of the molecule is CC1=C(N(C)c2ccccc2C)C=CCC1.